The Morgan fingerprint density at radius 3 is 2.71 bits per heavy atom. The Hall–Kier alpha value is -3.02. The molecule has 1 aromatic heterocycles. The first-order valence-electron chi connectivity index (χ1n) is 6.46. The molecule has 0 bridgehead atoms. The lowest BCUT2D eigenvalue weighted by Crippen LogP contribution is -2.02. The second-order valence-corrected chi connectivity index (χ2v) is 4.72. The van der Waals surface area contributed by atoms with Crippen LogP contribution >= 0.6 is 0 Å². The summed E-state index contributed by atoms with van der Waals surface area (Å²) in [5.74, 6) is 0.778. The van der Waals surface area contributed by atoms with Crippen LogP contribution < -0.4 is 16.8 Å². The minimum Gasteiger partial charge on any atom is -0.508 e. The Labute approximate surface area is 121 Å². The molecule has 0 aliphatic carbocycles. The van der Waals surface area contributed by atoms with Crippen molar-refractivity contribution in [3.05, 3.63) is 48.0 Å². The highest BCUT2D eigenvalue weighted by Gasteiger charge is 2.04. The van der Waals surface area contributed by atoms with Gasteiger partial charge in [-0.2, -0.15) is 4.98 Å². The summed E-state index contributed by atoms with van der Waals surface area (Å²) in [6.07, 6.45) is 0. The van der Waals surface area contributed by atoms with Crippen LogP contribution in [-0.2, 0) is 6.54 Å². The fraction of sp³-hybridized carbons (Fsp3) is 0.0667. The van der Waals surface area contributed by atoms with E-state index in [1.165, 1.54) is 0 Å². The summed E-state index contributed by atoms with van der Waals surface area (Å²) in [4.78, 5) is 8.09. The number of hydrogen-bond donors (Lipinski definition) is 4. The highest BCUT2D eigenvalue weighted by molar-refractivity contribution is 5.91. The van der Waals surface area contributed by atoms with Crippen molar-refractivity contribution in [3.63, 3.8) is 0 Å². The van der Waals surface area contributed by atoms with Gasteiger partial charge in [-0.05, 0) is 35.9 Å². The molecular formula is C15H15N5O. The first-order valence-corrected chi connectivity index (χ1v) is 6.46. The zero-order chi connectivity index (χ0) is 14.8. The fourth-order valence-corrected chi connectivity index (χ4v) is 2.15. The average molecular weight is 281 g/mol. The Morgan fingerprint density at radius 1 is 1.05 bits per heavy atom. The molecule has 3 rings (SSSR count). The van der Waals surface area contributed by atoms with E-state index in [0.29, 0.717) is 17.9 Å². The van der Waals surface area contributed by atoms with E-state index in [-0.39, 0.29) is 11.7 Å². The summed E-state index contributed by atoms with van der Waals surface area (Å²) >= 11 is 0. The van der Waals surface area contributed by atoms with Gasteiger partial charge in [0.15, 0.2) is 0 Å². The number of rotatable bonds is 3. The number of anilines is 3. The van der Waals surface area contributed by atoms with Crippen LogP contribution in [0.2, 0.25) is 0 Å². The van der Waals surface area contributed by atoms with Crippen LogP contribution in [0, 0.1) is 0 Å². The maximum absolute atomic E-state index is 9.44. The summed E-state index contributed by atoms with van der Waals surface area (Å²) in [6, 6.07) is 12.7. The Kier molecular flexibility index (Phi) is 3.19. The molecular weight excluding hydrogens is 266 g/mol. The van der Waals surface area contributed by atoms with Gasteiger partial charge in [-0.25, -0.2) is 4.98 Å². The molecule has 0 fully saturated rings. The van der Waals surface area contributed by atoms with E-state index < -0.39 is 0 Å². The molecule has 1 heterocycles. The minimum absolute atomic E-state index is 0.167. The van der Waals surface area contributed by atoms with Gasteiger partial charge in [0.1, 0.15) is 11.6 Å². The van der Waals surface area contributed by atoms with Gasteiger partial charge in [0, 0.05) is 17.6 Å². The molecule has 0 aliphatic heterocycles. The van der Waals surface area contributed by atoms with Crippen LogP contribution in [0.3, 0.4) is 0 Å². The topological polar surface area (TPSA) is 110 Å². The molecule has 6 heteroatoms. The van der Waals surface area contributed by atoms with Gasteiger partial charge < -0.3 is 21.9 Å². The van der Waals surface area contributed by atoms with Crippen LogP contribution in [0.25, 0.3) is 10.9 Å². The van der Waals surface area contributed by atoms with Crippen molar-refractivity contribution >= 4 is 28.4 Å². The number of nitrogens with zero attached hydrogens (tertiary/aromatic N) is 2. The lowest BCUT2D eigenvalue weighted by molar-refractivity contribution is 0.474. The monoisotopic (exact) mass is 281 g/mol. The molecule has 3 aromatic rings. The first-order chi connectivity index (χ1) is 10.1. The van der Waals surface area contributed by atoms with Crippen molar-refractivity contribution in [2.75, 3.05) is 16.8 Å². The molecule has 21 heavy (non-hydrogen) atoms. The smallest absolute Gasteiger partial charge is 0.222 e. The molecule has 106 valence electrons. The van der Waals surface area contributed by atoms with Crippen molar-refractivity contribution in [1.29, 1.82) is 0 Å². The standard InChI is InChI=1S/C15H15N5O/c16-14-12-7-10(4-5-13(12)19-15(17)20-14)18-8-9-2-1-3-11(21)6-9/h1-7,18,21H,8H2,(H4,16,17,19,20). The van der Waals surface area contributed by atoms with Crippen molar-refractivity contribution in [2.45, 2.75) is 6.54 Å². The van der Waals surface area contributed by atoms with E-state index in [4.69, 9.17) is 11.5 Å². The van der Waals surface area contributed by atoms with Gasteiger partial charge in [0.25, 0.3) is 0 Å². The van der Waals surface area contributed by atoms with Gasteiger partial charge in [0.05, 0.1) is 5.52 Å². The van der Waals surface area contributed by atoms with Crippen molar-refractivity contribution in [1.82, 2.24) is 9.97 Å². The second-order valence-electron chi connectivity index (χ2n) is 4.72. The van der Waals surface area contributed by atoms with E-state index in [2.05, 4.69) is 15.3 Å². The summed E-state index contributed by atoms with van der Waals surface area (Å²) in [7, 11) is 0. The molecule has 0 radical (unpaired) electrons. The summed E-state index contributed by atoms with van der Waals surface area (Å²) in [5.41, 5.74) is 14.0. The van der Waals surface area contributed by atoms with Gasteiger partial charge in [-0.1, -0.05) is 12.1 Å². The van der Waals surface area contributed by atoms with E-state index in [1.807, 2.05) is 24.3 Å². The Bertz CT molecular complexity index is 803. The maximum Gasteiger partial charge on any atom is 0.222 e. The van der Waals surface area contributed by atoms with Crippen molar-refractivity contribution < 1.29 is 5.11 Å². The fourth-order valence-electron chi connectivity index (χ4n) is 2.15. The predicted molar refractivity (Wildman–Crippen MR) is 83.8 cm³/mol. The molecule has 0 amide bonds. The number of hydrogen-bond acceptors (Lipinski definition) is 6. The van der Waals surface area contributed by atoms with Crippen LogP contribution in [-0.4, -0.2) is 15.1 Å². The number of nitrogens with one attached hydrogen (secondary N) is 1. The molecule has 0 unspecified atom stereocenters. The van der Waals surface area contributed by atoms with Gasteiger partial charge in [-0.15, -0.1) is 0 Å². The number of nitrogens with two attached hydrogens (primary N) is 2. The minimum atomic E-state index is 0.167. The van der Waals surface area contributed by atoms with E-state index in [0.717, 1.165) is 16.6 Å². The molecule has 0 spiro atoms. The van der Waals surface area contributed by atoms with Gasteiger partial charge >= 0.3 is 0 Å². The highest BCUT2D eigenvalue weighted by atomic mass is 16.3. The predicted octanol–water partition coefficient (Wildman–Crippen LogP) is 2.11. The van der Waals surface area contributed by atoms with E-state index in [9.17, 15) is 5.11 Å². The van der Waals surface area contributed by atoms with E-state index >= 15 is 0 Å². The van der Waals surface area contributed by atoms with Crippen LogP contribution in [0.1, 0.15) is 5.56 Å². The molecule has 6 N–H and O–H groups in total. The van der Waals surface area contributed by atoms with Crippen LogP contribution in [0.15, 0.2) is 42.5 Å². The molecule has 2 aromatic carbocycles. The summed E-state index contributed by atoms with van der Waals surface area (Å²) in [6.45, 7) is 0.593. The Balaban J connectivity index is 1.85. The summed E-state index contributed by atoms with van der Waals surface area (Å²) in [5, 5.41) is 13.5. The molecule has 0 saturated carbocycles. The summed E-state index contributed by atoms with van der Waals surface area (Å²) < 4.78 is 0. The molecule has 6 nitrogen and oxygen atoms in total. The third kappa shape index (κ3) is 2.79. The SMILES string of the molecule is Nc1nc(N)c2cc(NCc3cccc(O)c3)ccc2n1. The van der Waals surface area contributed by atoms with E-state index in [1.54, 1.807) is 18.2 Å². The lowest BCUT2D eigenvalue weighted by Gasteiger charge is -2.09. The van der Waals surface area contributed by atoms with Gasteiger partial charge in [-0.3, -0.25) is 0 Å². The molecule has 0 atom stereocenters. The molecule has 0 saturated heterocycles. The largest absolute Gasteiger partial charge is 0.508 e. The lowest BCUT2D eigenvalue weighted by atomic mass is 10.2. The third-order valence-electron chi connectivity index (χ3n) is 3.15. The number of aromatic hydroxyl groups is 1. The van der Waals surface area contributed by atoms with Crippen LogP contribution in [0.5, 0.6) is 5.75 Å². The zero-order valence-corrected chi connectivity index (χ0v) is 11.2. The normalized spacial score (nSPS) is 10.7. The zero-order valence-electron chi connectivity index (χ0n) is 11.2. The quantitative estimate of drug-likeness (QED) is 0.585. The first kappa shape index (κ1) is 13.0. The number of fused-ring (bicyclic) bond motifs is 1. The number of phenols is 1. The third-order valence-corrected chi connectivity index (χ3v) is 3.15. The van der Waals surface area contributed by atoms with Crippen molar-refractivity contribution in [2.24, 2.45) is 0 Å². The number of aromatic nitrogens is 2. The number of phenolic OH excluding ortho intramolecular Hbond substituents is 1. The highest BCUT2D eigenvalue weighted by Crippen LogP contribution is 2.23. The molecule has 0 aliphatic rings. The Morgan fingerprint density at radius 2 is 1.90 bits per heavy atom. The number of nitrogen functional groups attached to an aromatic ring is 2. The maximum atomic E-state index is 9.44. The second kappa shape index (κ2) is 5.16. The average Bonchev–Trinajstić information content (AvgIpc) is 2.45. The number of benzene rings is 2. The van der Waals surface area contributed by atoms with Gasteiger partial charge in [0.2, 0.25) is 5.95 Å². The van der Waals surface area contributed by atoms with Crippen LogP contribution in [0.4, 0.5) is 17.5 Å². The van der Waals surface area contributed by atoms with Crippen molar-refractivity contribution in [3.8, 4) is 5.75 Å².